The first-order valence-electron chi connectivity index (χ1n) is 9.90. The van der Waals surface area contributed by atoms with E-state index in [1.165, 1.54) is 16.7 Å². The van der Waals surface area contributed by atoms with E-state index >= 15 is 0 Å². The van der Waals surface area contributed by atoms with Crippen molar-refractivity contribution in [2.75, 3.05) is 20.1 Å². The summed E-state index contributed by atoms with van der Waals surface area (Å²) in [5.41, 5.74) is 10.2. The second kappa shape index (κ2) is 7.10. The van der Waals surface area contributed by atoms with Crippen LogP contribution < -0.4 is 11.1 Å². The first-order valence-corrected chi connectivity index (χ1v) is 9.90. The van der Waals surface area contributed by atoms with Gasteiger partial charge >= 0.3 is 0 Å². The standard InChI is InChI=1S/C23H29N3O/c1-23-11-13-26(2)20(15-17-8-9-18(22(24)27)14-19(17)23)21(23)25-12-10-16-6-4-3-5-7-16/h3-9,14,20-21,25H,10-13,15H2,1-2H3,(H2,24,27)/t20-,21+,23?/m1/s1. The fraction of sp³-hybridized carbons (Fsp3) is 0.435. The van der Waals surface area contributed by atoms with E-state index in [4.69, 9.17) is 5.73 Å². The molecule has 4 heteroatoms. The summed E-state index contributed by atoms with van der Waals surface area (Å²) < 4.78 is 0. The van der Waals surface area contributed by atoms with E-state index in [1.807, 2.05) is 12.1 Å². The molecule has 2 aromatic rings. The van der Waals surface area contributed by atoms with Crippen LogP contribution >= 0.6 is 0 Å². The van der Waals surface area contributed by atoms with Gasteiger partial charge in [0, 0.05) is 23.1 Å². The van der Waals surface area contributed by atoms with E-state index in [0.717, 1.165) is 32.4 Å². The van der Waals surface area contributed by atoms with Gasteiger partial charge in [-0.25, -0.2) is 0 Å². The van der Waals surface area contributed by atoms with E-state index in [9.17, 15) is 4.79 Å². The van der Waals surface area contributed by atoms with E-state index < -0.39 is 0 Å². The number of fused-ring (bicyclic) bond motifs is 4. The van der Waals surface area contributed by atoms with Crippen LogP contribution in [-0.2, 0) is 18.3 Å². The molecule has 1 unspecified atom stereocenters. The SMILES string of the molecule is CN1CCC2(C)c3cc(C(N)=O)ccc3C[C@@H]1[C@@H]2NCCc1ccccc1. The normalized spacial score (nSPS) is 27.2. The molecule has 1 aliphatic carbocycles. The number of benzene rings is 2. The monoisotopic (exact) mass is 363 g/mol. The Bertz CT molecular complexity index is 835. The number of piperidine rings is 1. The van der Waals surface area contributed by atoms with Gasteiger partial charge in [0.15, 0.2) is 0 Å². The maximum absolute atomic E-state index is 11.7. The highest BCUT2D eigenvalue weighted by Crippen LogP contribution is 2.44. The van der Waals surface area contributed by atoms with E-state index in [1.54, 1.807) is 0 Å². The molecule has 1 saturated heterocycles. The number of carbonyl (C=O) groups is 1. The zero-order valence-corrected chi connectivity index (χ0v) is 16.2. The summed E-state index contributed by atoms with van der Waals surface area (Å²) in [4.78, 5) is 14.2. The van der Waals surface area contributed by atoms with Gasteiger partial charge in [-0.05, 0) is 68.2 Å². The molecule has 27 heavy (non-hydrogen) atoms. The van der Waals surface area contributed by atoms with Crippen LogP contribution in [0.4, 0.5) is 0 Å². The fourth-order valence-electron chi connectivity index (χ4n) is 5.03. The second-order valence-corrected chi connectivity index (χ2v) is 8.32. The number of rotatable bonds is 5. The van der Waals surface area contributed by atoms with Gasteiger partial charge in [0.2, 0.25) is 5.91 Å². The van der Waals surface area contributed by atoms with Crippen molar-refractivity contribution in [1.82, 2.24) is 10.2 Å². The number of hydrogen-bond donors (Lipinski definition) is 2. The summed E-state index contributed by atoms with van der Waals surface area (Å²) >= 11 is 0. The van der Waals surface area contributed by atoms with Crippen molar-refractivity contribution in [3.8, 4) is 0 Å². The number of primary amides is 1. The minimum Gasteiger partial charge on any atom is -0.366 e. The predicted octanol–water partition coefficient (Wildman–Crippen LogP) is 2.50. The molecule has 0 saturated carbocycles. The average molecular weight is 364 g/mol. The predicted molar refractivity (Wildman–Crippen MR) is 109 cm³/mol. The smallest absolute Gasteiger partial charge is 0.248 e. The highest BCUT2D eigenvalue weighted by atomic mass is 16.1. The lowest BCUT2D eigenvalue weighted by Crippen LogP contribution is -2.66. The van der Waals surface area contributed by atoms with Gasteiger partial charge in [0.25, 0.3) is 0 Å². The largest absolute Gasteiger partial charge is 0.366 e. The number of likely N-dealkylation sites (tertiary alicyclic amines) is 1. The van der Waals surface area contributed by atoms with Crippen molar-refractivity contribution >= 4 is 5.91 Å². The molecule has 4 rings (SSSR count). The molecule has 0 radical (unpaired) electrons. The molecule has 1 fully saturated rings. The Kier molecular flexibility index (Phi) is 4.79. The molecule has 2 bridgehead atoms. The minimum absolute atomic E-state index is 0.0207. The Hall–Kier alpha value is -2.17. The molecule has 1 amide bonds. The van der Waals surface area contributed by atoms with Gasteiger partial charge in [-0.15, -0.1) is 0 Å². The second-order valence-electron chi connectivity index (χ2n) is 8.32. The Balaban J connectivity index is 1.61. The van der Waals surface area contributed by atoms with Crippen LogP contribution in [0.5, 0.6) is 0 Å². The molecular weight excluding hydrogens is 334 g/mol. The number of hydrogen-bond acceptors (Lipinski definition) is 3. The average Bonchev–Trinajstić information content (AvgIpc) is 2.67. The van der Waals surface area contributed by atoms with Gasteiger partial charge in [-0.3, -0.25) is 4.79 Å². The van der Waals surface area contributed by atoms with E-state index in [-0.39, 0.29) is 11.3 Å². The lowest BCUT2D eigenvalue weighted by Gasteiger charge is -2.55. The van der Waals surface area contributed by atoms with Gasteiger partial charge in [-0.1, -0.05) is 43.3 Å². The van der Waals surface area contributed by atoms with Crippen LogP contribution in [0.3, 0.4) is 0 Å². The van der Waals surface area contributed by atoms with Crippen LogP contribution in [0, 0.1) is 0 Å². The Morgan fingerprint density at radius 1 is 1.26 bits per heavy atom. The number of carbonyl (C=O) groups excluding carboxylic acids is 1. The molecule has 2 aromatic carbocycles. The molecule has 3 atom stereocenters. The number of nitrogens with one attached hydrogen (secondary N) is 1. The van der Waals surface area contributed by atoms with Crippen LogP contribution in [0.2, 0.25) is 0 Å². The zero-order valence-electron chi connectivity index (χ0n) is 16.2. The molecule has 3 N–H and O–H groups in total. The van der Waals surface area contributed by atoms with Crippen LogP contribution in [0.15, 0.2) is 48.5 Å². The lowest BCUT2D eigenvalue weighted by molar-refractivity contribution is 0.0663. The zero-order chi connectivity index (χ0) is 19.0. The van der Waals surface area contributed by atoms with Crippen molar-refractivity contribution in [2.24, 2.45) is 5.73 Å². The third-order valence-corrected chi connectivity index (χ3v) is 6.68. The van der Waals surface area contributed by atoms with E-state index in [2.05, 4.69) is 60.6 Å². The van der Waals surface area contributed by atoms with Gasteiger partial charge in [0.1, 0.15) is 0 Å². The van der Waals surface area contributed by atoms with Crippen molar-refractivity contribution in [2.45, 2.75) is 43.7 Å². The first kappa shape index (κ1) is 18.2. The summed E-state index contributed by atoms with van der Waals surface area (Å²) in [5, 5.41) is 3.87. The molecule has 1 heterocycles. The highest BCUT2D eigenvalue weighted by molar-refractivity contribution is 5.93. The van der Waals surface area contributed by atoms with Crippen molar-refractivity contribution in [3.63, 3.8) is 0 Å². The quantitative estimate of drug-likeness (QED) is 0.858. The lowest BCUT2D eigenvalue weighted by atomic mass is 9.61. The summed E-state index contributed by atoms with van der Waals surface area (Å²) in [7, 11) is 2.24. The van der Waals surface area contributed by atoms with Crippen LogP contribution in [-0.4, -0.2) is 43.0 Å². The van der Waals surface area contributed by atoms with E-state index in [0.29, 0.717) is 17.6 Å². The maximum atomic E-state index is 11.7. The van der Waals surface area contributed by atoms with Crippen molar-refractivity contribution < 1.29 is 4.79 Å². The van der Waals surface area contributed by atoms with Crippen LogP contribution in [0.1, 0.15) is 40.4 Å². The molecule has 0 aromatic heterocycles. The summed E-state index contributed by atoms with van der Waals surface area (Å²) in [5.74, 6) is -0.343. The Morgan fingerprint density at radius 3 is 2.78 bits per heavy atom. The molecule has 2 aliphatic rings. The number of amides is 1. The topological polar surface area (TPSA) is 58.4 Å². The molecule has 1 aliphatic heterocycles. The van der Waals surface area contributed by atoms with Crippen LogP contribution in [0.25, 0.3) is 0 Å². The summed E-state index contributed by atoms with van der Waals surface area (Å²) in [6.07, 6.45) is 3.12. The summed E-state index contributed by atoms with van der Waals surface area (Å²) in [6.45, 7) is 4.40. The molecular formula is C23H29N3O. The van der Waals surface area contributed by atoms with Crippen molar-refractivity contribution in [1.29, 1.82) is 0 Å². The Morgan fingerprint density at radius 2 is 2.04 bits per heavy atom. The Labute approximate surface area is 161 Å². The number of nitrogens with two attached hydrogens (primary N) is 1. The third-order valence-electron chi connectivity index (χ3n) is 6.68. The van der Waals surface area contributed by atoms with Crippen molar-refractivity contribution in [3.05, 3.63) is 70.8 Å². The number of nitrogens with zero attached hydrogens (tertiary/aromatic N) is 1. The molecule has 4 nitrogen and oxygen atoms in total. The summed E-state index contributed by atoms with van der Waals surface area (Å²) in [6, 6.07) is 17.5. The maximum Gasteiger partial charge on any atom is 0.248 e. The highest BCUT2D eigenvalue weighted by Gasteiger charge is 2.49. The molecule has 0 spiro atoms. The van der Waals surface area contributed by atoms with Gasteiger partial charge in [0.05, 0.1) is 0 Å². The number of likely N-dealkylation sites (N-methyl/N-ethyl adjacent to an activating group) is 1. The minimum atomic E-state index is -0.343. The molecule has 142 valence electrons. The van der Waals surface area contributed by atoms with Gasteiger partial charge in [-0.2, -0.15) is 0 Å². The van der Waals surface area contributed by atoms with Gasteiger partial charge < -0.3 is 16.0 Å². The fourth-order valence-corrected chi connectivity index (χ4v) is 5.03. The third kappa shape index (κ3) is 3.28. The first-order chi connectivity index (χ1) is 13.0.